The van der Waals surface area contributed by atoms with E-state index in [0.717, 1.165) is 19.7 Å². The molecule has 1 saturated heterocycles. The van der Waals surface area contributed by atoms with Crippen molar-refractivity contribution in [3.63, 3.8) is 0 Å². The summed E-state index contributed by atoms with van der Waals surface area (Å²) in [5.41, 5.74) is 0. The van der Waals surface area contributed by atoms with Crippen molar-refractivity contribution in [1.82, 2.24) is 5.32 Å². The van der Waals surface area contributed by atoms with Crippen LogP contribution in [-0.4, -0.2) is 39.0 Å². The van der Waals surface area contributed by atoms with Crippen LogP contribution < -0.4 is 5.32 Å². The van der Waals surface area contributed by atoms with Crippen LogP contribution in [0.4, 0.5) is 0 Å². The third-order valence-electron chi connectivity index (χ3n) is 1.85. The van der Waals surface area contributed by atoms with Crippen LogP contribution >= 0.6 is 0 Å². The van der Waals surface area contributed by atoms with Crippen molar-refractivity contribution in [2.24, 2.45) is 0 Å². The number of ether oxygens (including phenoxy) is 2. The van der Waals surface area contributed by atoms with Crippen LogP contribution in [0.15, 0.2) is 0 Å². The molecule has 3 heteroatoms. The summed E-state index contributed by atoms with van der Waals surface area (Å²) in [6.45, 7) is 4.71. The van der Waals surface area contributed by atoms with Crippen LogP contribution in [0.1, 0.15) is 6.92 Å². The summed E-state index contributed by atoms with van der Waals surface area (Å²) in [6.07, 6.45) is 0.437. The quantitative estimate of drug-likeness (QED) is 0.593. The van der Waals surface area contributed by atoms with E-state index in [1.165, 1.54) is 0 Å². The number of nitrogens with one attached hydrogen (secondary N) is 1. The average Bonchev–Trinajstić information content (AvgIpc) is 2.05. The first-order chi connectivity index (χ1) is 4.84. The molecular formula is C7H15NO2. The standard InChI is InChI=1S/C7H15NO2/c1-6(9-2)7-5-8-3-4-10-7/h6-8H,3-5H2,1-2H3/t6-,7+/m0/s1. The van der Waals surface area contributed by atoms with Crippen molar-refractivity contribution in [3.8, 4) is 0 Å². The second-order valence-corrected chi connectivity index (χ2v) is 2.55. The zero-order chi connectivity index (χ0) is 7.40. The summed E-state index contributed by atoms with van der Waals surface area (Å²) in [6, 6.07) is 0. The minimum atomic E-state index is 0.202. The van der Waals surface area contributed by atoms with E-state index in [2.05, 4.69) is 5.32 Å². The second-order valence-electron chi connectivity index (χ2n) is 2.55. The lowest BCUT2D eigenvalue weighted by atomic mass is 10.2. The first kappa shape index (κ1) is 7.98. The zero-order valence-corrected chi connectivity index (χ0v) is 6.59. The van der Waals surface area contributed by atoms with Crippen molar-refractivity contribution in [2.45, 2.75) is 19.1 Å². The minimum Gasteiger partial charge on any atom is -0.379 e. The van der Waals surface area contributed by atoms with E-state index >= 15 is 0 Å². The molecule has 0 aliphatic carbocycles. The number of rotatable bonds is 2. The highest BCUT2D eigenvalue weighted by atomic mass is 16.5. The van der Waals surface area contributed by atoms with E-state index in [0.29, 0.717) is 0 Å². The Morgan fingerprint density at radius 3 is 3.00 bits per heavy atom. The molecule has 10 heavy (non-hydrogen) atoms. The maximum atomic E-state index is 5.44. The molecule has 2 atom stereocenters. The second kappa shape index (κ2) is 3.91. The van der Waals surface area contributed by atoms with Crippen LogP contribution in [0, 0.1) is 0 Å². The summed E-state index contributed by atoms with van der Waals surface area (Å²) in [7, 11) is 1.71. The van der Waals surface area contributed by atoms with Gasteiger partial charge in [-0.05, 0) is 6.92 Å². The molecular weight excluding hydrogens is 130 g/mol. The van der Waals surface area contributed by atoms with E-state index in [1.54, 1.807) is 7.11 Å². The average molecular weight is 145 g/mol. The van der Waals surface area contributed by atoms with E-state index < -0.39 is 0 Å². The first-order valence-electron chi connectivity index (χ1n) is 3.69. The molecule has 1 aliphatic rings. The van der Waals surface area contributed by atoms with Gasteiger partial charge in [-0.25, -0.2) is 0 Å². The Morgan fingerprint density at radius 1 is 1.70 bits per heavy atom. The molecule has 1 fully saturated rings. The topological polar surface area (TPSA) is 30.5 Å². The van der Waals surface area contributed by atoms with Gasteiger partial charge in [0.1, 0.15) is 0 Å². The predicted octanol–water partition coefficient (Wildman–Crippen LogP) is 0.00970. The van der Waals surface area contributed by atoms with E-state index in [-0.39, 0.29) is 12.2 Å². The molecule has 3 nitrogen and oxygen atoms in total. The summed E-state index contributed by atoms with van der Waals surface area (Å²) in [5, 5.41) is 3.25. The molecule has 1 aliphatic heterocycles. The lowest BCUT2D eigenvalue weighted by Crippen LogP contribution is -2.44. The number of hydrogen-bond donors (Lipinski definition) is 1. The molecule has 0 amide bonds. The van der Waals surface area contributed by atoms with Crippen molar-refractivity contribution < 1.29 is 9.47 Å². The molecule has 1 rings (SSSR count). The lowest BCUT2D eigenvalue weighted by molar-refractivity contribution is -0.0610. The molecule has 1 heterocycles. The highest BCUT2D eigenvalue weighted by Crippen LogP contribution is 2.03. The fraction of sp³-hybridized carbons (Fsp3) is 1.00. The molecule has 0 radical (unpaired) electrons. The maximum absolute atomic E-state index is 5.44. The van der Waals surface area contributed by atoms with E-state index in [4.69, 9.17) is 9.47 Å². The molecule has 0 aromatic heterocycles. The molecule has 0 spiro atoms. The third-order valence-corrected chi connectivity index (χ3v) is 1.85. The van der Waals surface area contributed by atoms with Crippen LogP contribution in [0.5, 0.6) is 0 Å². The van der Waals surface area contributed by atoms with Crippen molar-refractivity contribution in [2.75, 3.05) is 26.8 Å². The highest BCUT2D eigenvalue weighted by molar-refractivity contribution is 4.72. The van der Waals surface area contributed by atoms with Crippen molar-refractivity contribution in [3.05, 3.63) is 0 Å². The molecule has 0 saturated carbocycles. The molecule has 0 bridgehead atoms. The van der Waals surface area contributed by atoms with Crippen molar-refractivity contribution >= 4 is 0 Å². The van der Waals surface area contributed by atoms with Gasteiger partial charge < -0.3 is 14.8 Å². The van der Waals surface area contributed by atoms with Gasteiger partial charge in [0.15, 0.2) is 0 Å². The summed E-state index contributed by atoms with van der Waals surface area (Å²) in [5.74, 6) is 0. The van der Waals surface area contributed by atoms with Crippen LogP contribution in [-0.2, 0) is 9.47 Å². The third kappa shape index (κ3) is 1.94. The predicted molar refractivity (Wildman–Crippen MR) is 39.1 cm³/mol. The Morgan fingerprint density at radius 2 is 2.50 bits per heavy atom. The van der Waals surface area contributed by atoms with Gasteiger partial charge in [0.2, 0.25) is 0 Å². The Hall–Kier alpha value is -0.120. The smallest absolute Gasteiger partial charge is 0.0958 e. The zero-order valence-electron chi connectivity index (χ0n) is 6.59. The van der Waals surface area contributed by atoms with Crippen molar-refractivity contribution in [1.29, 1.82) is 0 Å². The van der Waals surface area contributed by atoms with E-state index in [9.17, 15) is 0 Å². The fourth-order valence-corrected chi connectivity index (χ4v) is 1.04. The van der Waals surface area contributed by atoms with Gasteiger partial charge in [0.05, 0.1) is 18.8 Å². The maximum Gasteiger partial charge on any atom is 0.0958 e. The van der Waals surface area contributed by atoms with Gasteiger partial charge >= 0.3 is 0 Å². The van der Waals surface area contributed by atoms with Gasteiger partial charge in [0, 0.05) is 20.2 Å². The highest BCUT2D eigenvalue weighted by Gasteiger charge is 2.19. The fourth-order valence-electron chi connectivity index (χ4n) is 1.04. The first-order valence-corrected chi connectivity index (χ1v) is 3.69. The molecule has 0 aromatic carbocycles. The molecule has 0 unspecified atom stereocenters. The summed E-state index contributed by atoms with van der Waals surface area (Å²) >= 11 is 0. The van der Waals surface area contributed by atoms with Gasteiger partial charge in [-0.1, -0.05) is 0 Å². The Balaban J connectivity index is 2.24. The lowest BCUT2D eigenvalue weighted by Gasteiger charge is -2.27. The number of hydrogen-bond acceptors (Lipinski definition) is 3. The Kier molecular flexibility index (Phi) is 3.12. The van der Waals surface area contributed by atoms with E-state index in [1.807, 2.05) is 6.92 Å². The normalized spacial score (nSPS) is 30.0. The Labute approximate surface area is 61.7 Å². The van der Waals surface area contributed by atoms with Gasteiger partial charge in [0.25, 0.3) is 0 Å². The SMILES string of the molecule is CO[C@@H](C)[C@H]1CNCCO1. The van der Waals surface area contributed by atoms with Gasteiger partial charge in [-0.2, -0.15) is 0 Å². The minimum absolute atomic E-state index is 0.202. The summed E-state index contributed by atoms with van der Waals surface area (Å²) in [4.78, 5) is 0. The largest absolute Gasteiger partial charge is 0.379 e. The van der Waals surface area contributed by atoms with Crippen LogP contribution in [0.25, 0.3) is 0 Å². The monoisotopic (exact) mass is 145 g/mol. The summed E-state index contributed by atoms with van der Waals surface area (Å²) < 4.78 is 10.6. The Bertz CT molecular complexity index is 91.6. The van der Waals surface area contributed by atoms with Crippen LogP contribution in [0.3, 0.4) is 0 Å². The molecule has 1 N–H and O–H groups in total. The van der Waals surface area contributed by atoms with Gasteiger partial charge in [-0.15, -0.1) is 0 Å². The molecule has 0 aromatic rings. The number of methoxy groups -OCH3 is 1. The van der Waals surface area contributed by atoms with Crippen LogP contribution in [0.2, 0.25) is 0 Å². The number of morpholine rings is 1. The molecule has 60 valence electrons. The van der Waals surface area contributed by atoms with Gasteiger partial charge in [-0.3, -0.25) is 0 Å².